The van der Waals surface area contributed by atoms with Crippen LogP contribution in [-0.2, 0) is 6.42 Å². The van der Waals surface area contributed by atoms with Gasteiger partial charge in [-0.05, 0) is 60.1 Å². The molecule has 1 aliphatic rings. The van der Waals surface area contributed by atoms with E-state index in [-0.39, 0.29) is 11.1 Å². The van der Waals surface area contributed by atoms with Crippen molar-refractivity contribution in [3.8, 4) is 11.1 Å². The van der Waals surface area contributed by atoms with Crippen LogP contribution in [0.15, 0.2) is 30.3 Å². The van der Waals surface area contributed by atoms with Crippen LogP contribution in [0.5, 0.6) is 0 Å². The van der Waals surface area contributed by atoms with E-state index in [1.54, 1.807) is 0 Å². The summed E-state index contributed by atoms with van der Waals surface area (Å²) in [5, 5.41) is 0. The van der Waals surface area contributed by atoms with E-state index in [9.17, 15) is 17.6 Å². The van der Waals surface area contributed by atoms with E-state index in [1.165, 1.54) is 57.1 Å². The lowest BCUT2D eigenvalue weighted by Gasteiger charge is -2.28. The molecule has 0 N–H and O–H groups in total. The molecule has 1 aliphatic carbocycles. The maximum Gasteiger partial charge on any atom is 0.134 e. The van der Waals surface area contributed by atoms with Crippen LogP contribution >= 0.6 is 0 Å². The van der Waals surface area contributed by atoms with E-state index in [0.717, 1.165) is 24.5 Å². The molecule has 0 bridgehead atoms. The third kappa shape index (κ3) is 5.36. The highest BCUT2D eigenvalue weighted by Crippen LogP contribution is 2.35. The second-order valence-corrected chi connectivity index (χ2v) is 8.16. The van der Waals surface area contributed by atoms with Gasteiger partial charge in [-0.1, -0.05) is 51.9 Å². The standard InChI is InChI=1S/C24H28F4/c1-2-3-4-16-5-7-17(8-6-16)9-10-18-11-22(27)24(23(28)12-18)19-13-20(25)15-21(26)14-19/h11-17H,2-10H2,1H3. The fourth-order valence-electron chi connectivity index (χ4n) is 4.42. The van der Waals surface area contributed by atoms with Gasteiger partial charge in [0.15, 0.2) is 0 Å². The Balaban J connectivity index is 1.62. The largest absolute Gasteiger partial charge is 0.207 e. The van der Waals surface area contributed by atoms with Gasteiger partial charge in [-0.3, -0.25) is 0 Å². The minimum absolute atomic E-state index is 0.121. The zero-order chi connectivity index (χ0) is 20.1. The summed E-state index contributed by atoms with van der Waals surface area (Å²) in [6.07, 6.45) is 10.3. The van der Waals surface area contributed by atoms with Crippen LogP contribution in [0.1, 0.15) is 63.9 Å². The van der Waals surface area contributed by atoms with Crippen LogP contribution in [0.2, 0.25) is 0 Å². The van der Waals surface area contributed by atoms with Gasteiger partial charge in [0, 0.05) is 6.07 Å². The Morgan fingerprint density at radius 3 is 1.82 bits per heavy atom. The van der Waals surface area contributed by atoms with Crippen molar-refractivity contribution in [3.63, 3.8) is 0 Å². The third-order valence-electron chi connectivity index (χ3n) is 6.03. The fourth-order valence-corrected chi connectivity index (χ4v) is 4.42. The van der Waals surface area contributed by atoms with Gasteiger partial charge < -0.3 is 0 Å². The number of unbranched alkanes of at least 4 members (excludes halogenated alkanes) is 1. The van der Waals surface area contributed by atoms with Crippen LogP contribution < -0.4 is 0 Å². The maximum absolute atomic E-state index is 14.5. The van der Waals surface area contributed by atoms with E-state index in [1.807, 2.05) is 0 Å². The molecule has 0 atom stereocenters. The highest BCUT2D eigenvalue weighted by molar-refractivity contribution is 5.65. The van der Waals surface area contributed by atoms with Crippen LogP contribution in [0.3, 0.4) is 0 Å². The molecule has 0 nitrogen and oxygen atoms in total. The molecule has 2 aromatic rings. The number of halogens is 4. The van der Waals surface area contributed by atoms with Crippen molar-refractivity contribution in [2.75, 3.05) is 0 Å². The number of hydrogen-bond donors (Lipinski definition) is 0. The molecule has 0 amide bonds. The van der Waals surface area contributed by atoms with Gasteiger partial charge in [-0.2, -0.15) is 0 Å². The third-order valence-corrected chi connectivity index (χ3v) is 6.03. The lowest BCUT2D eigenvalue weighted by molar-refractivity contribution is 0.250. The Bertz CT molecular complexity index is 748. The van der Waals surface area contributed by atoms with Crippen molar-refractivity contribution in [3.05, 3.63) is 59.2 Å². The van der Waals surface area contributed by atoms with Gasteiger partial charge >= 0.3 is 0 Å². The number of rotatable bonds is 7. The fraction of sp³-hybridized carbons (Fsp3) is 0.500. The second kappa shape index (κ2) is 9.58. The molecule has 152 valence electrons. The van der Waals surface area contributed by atoms with E-state index in [2.05, 4.69) is 6.92 Å². The van der Waals surface area contributed by atoms with E-state index in [4.69, 9.17) is 0 Å². The summed E-state index contributed by atoms with van der Waals surface area (Å²) in [6.45, 7) is 2.22. The predicted octanol–water partition coefficient (Wildman–Crippen LogP) is 7.84. The molecular formula is C24H28F4. The average Bonchev–Trinajstić information content (AvgIpc) is 2.64. The zero-order valence-corrected chi connectivity index (χ0v) is 16.4. The molecule has 28 heavy (non-hydrogen) atoms. The number of hydrogen-bond acceptors (Lipinski definition) is 0. The summed E-state index contributed by atoms with van der Waals surface area (Å²) in [5.41, 5.74) is 0.103. The van der Waals surface area contributed by atoms with Gasteiger partial charge in [-0.15, -0.1) is 0 Å². The summed E-state index contributed by atoms with van der Waals surface area (Å²) in [6, 6.07) is 5.18. The Labute approximate surface area is 165 Å². The van der Waals surface area contributed by atoms with Gasteiger partial charge in [-0.25, -0.2) is 17.6 Å². The minimum atomic E-state index is -0.854. The molecule has 0 aliphatic heterocycles. The number of aryl methyl sites for hydroxylation is 1. The zero-order valence-electron chi connectivity index (χ0n) is 16.4. The summed E-state index contributed by atoms with van der Waals surface area (Å²) in [4.78, 5) is 0. The summed E-state index contributed by atoms with van der Waals surface area (Å²) in [7, 11) is 0. The lowest BCUT2D eigenvalue weighted by atomic mass is 9.78. The van der Waals surface area contributed by atoms with Crippen molar-refractivity contribution < 1.29 is 17.6 Å². The van der Waals surface area contributed by atoms with Crippen molar-refractivity contribution in [2.45, 2.75) is 64.7 Å². The highest BCUT2D eigenvalue weighted by Gasteiger charge is 2.21. The molecule has 4 heteroatoms. The van der Waals surface area contributed by atoms with Gasteiger partial charge in [0.1, 0.15) is 23.3 Å². The molecule has 1 saturated carbocycles. The summed E-state index contributed by atoms with van der Waals surface area (Å²) in [5.74, 6) is -1.80. The molecule has 0 saturated heterocycles. The van der Waals surface area contributed by atoms with E-state index in [0.29, 0.717) is 24.0 Å². The summed E-state index contributed by atoms with van der Waals surface area (Å²) >= 11 is 0. The minimum Gasteiger partial charge on any atom is -0.207 e. The first-order valence-electron chi connectivity index (χ1n) is 10.4. The Kier molecular flexibility index (Phi) is 7.14. The first kappa shape index (κ1) is 20.9. The Morgan fingerprint density at radius 1 is 0.750 bits per heavy atom. The number of benzene rings is 2. The molecule has 0 spiro atoms. The Hall–Kier alpha value is -1.84. The lowest BCUT2D eigenvalue weighted by Crippen LogP contribution is -2.15. The van der Waals surface area contributed by atoms with E-state index < -0.39 is 23.3 Å². The molecule has 3 rings (SSSR count). The van der Waals surface area contributed by atoms with Crippen molar-refractivity contribution in [1.29, 1.82) is 0 Å². The van der Waals surface area contributed by atoms with Crippen LogP contribution in [0.4, 0.5) is 17.6 Å². The Morgan fingerprint density at radius 2 is 1.29 bits per heavy atom. The van der Waals surface area contributed by atoms with Gasteiger partial charge in [0.25, 0.3) is 0 Å². The van der Waals surface area contributed by atoms with Crippen molar-refractivity contribution in [2.24, 2.45) is 11.8 Å². The SMILES string of the molecule is CCCCC1CCC(CCc2cc(F)c(-c3cc(F)cc(F)c3)c(F)c2)CC1. The molecule has 1 fully saturated rings. The molecule has 0 heterocycles. The van der Waals surface area contributed by atoms with E-state index >= 15 is 0 Å². The van der Waals surface area contributed by atoms with Gasteiger partial charge in [0.05, 0.1) is 5.56 Å². The predicted molar refractivity (Wildman–Crippen MR) is 105 cm³/mol. The molecule has 0 aromatic heterocycles. The highest BCUT2D eigenvalue weighted by atomic mass is 19.1. The first-order chi connectivity index (χ1) is 13.5. The maximum atomic E-state index is 14.5. The van der Waals surface area contributed by atoms with Crippen molar-refractivity contribution in [1.82, 2.24) is 0 Å². The quantitative estimate of drug-likeness (QED) is 0.421. The molecule has 0 unspecified atom stereocenters. The molecule has 0 radical (unpaired) electrons. The monoisotopic (exact) mass is 392 g/mol. The van der Waals surface area contributed by atoms with Crippen molar-refractivity contribution >= 4 is 0 Å². The second-order valence-electron chi connectivity index (χ2n) is 8.16. The summed E-state index contributed by atoms with van der Waals surface area (Å²) < 4.78 is 55.8. The first-order valence-corrected chi connectivity index (χ1v) is 10.4. The molecular weight excluding hydrogens is 364 g/mol. The average molecular weight is 392 g/mol. The molecule has 2 aromatic carbocycles. The topological polar surface area (TPSA) is 0 Å². The normalized spacial score (nSPS) is 19.8. The van der Waals surface area contributed by atoms with Crippen LogP contribution in [-0.4, -0.2) is 0 Å². The smallest absolute Gasteiger partial charge is 0.134 e. The van der Waals surface area contributed by atoms with Crippen LogP contribution in [0, 0.1) is 35.1 Å². The van der Waals surface area contributed by atoms with Gasteiger partial charge in [0.2, 0.25) is 0 Å². The van der Waals surface area contributed by atoms with Crippen LogP contribution in [0.25, 0.3) is 11.1 Å².